The van der Waals surface area contributed by atoms with Crippen LogP contribution in [-0.2, 0) is 9.53 Å². The first kappa shape index (κ1) is 20.8. The molecule has 0 unspecified atom stereocenters. The number of allylic oxidation sites excluding steroid dienone is 1. The fourth-order valence-corrected chi connectivity index (χ4v) is 4.17. The number of piperazine rings is 1. The third kappa shape index (κ3) is 5.49. The quantitative estimate of drug-likeness (QED) is 0.694. The summed E-state index contributed by atoms with van der Waals surface area (Å²) in [6.07, 6.45) is 7.33. The second-order valence-corrected chi connectivity index (χ2v) is 9.54. The number of ether oxygens (including phenoxy) is 1. The van der Waals surface area contributed by atoms with E-state index < -0.39 is 5.60 Å². The van der Waals surface area contributed by atoms with E-state index in [2.05, 4.69) is 26.8 Å². The number of hydrogen-bond acceptors (Lipinski definition) is 3. The lowest BCUT2D eigenvalue weighted by atomic mass is 9.64. The maximum absolute atomic E-state index is 12.6. The highest BCUT2D eigenvalue weighted by molar-refractivity contribution is 5.87. The molecule has 2 rings (SSSR count). The zero-order valence-electron chi connectivity index (χ0n) is 17.4. The molecule has 0 aromatic carbocycles. The molecule has 1 heterocycles. The van der Waals surface area contributed by atoms with Crippen molar-refractivity contribution in [3.05, 3.63) is 12.2 Å². The number of rotatable bonds is 2. The number of amides is 2. The Balaban J connectivity index is 1.87. The second-order valence-electron chi connectivity index (χ2n) is 9.54. The fraction of sp³-hybridized carbons (Fsp3) is 0.810. The third-order valence-electron chi connectivity index (χ3n) is 5.69. The van der Waals surface area contributed by atoms with Crippen LogP contribution in [0.5, 0.6) is 0 Å². The SMILES string of the molecule is C[C@@H]1CCCC(C)(C)[C@H]1C=CC(=O)N1CCN(C(=O)OC(C)(C)C)CC1. The molecular weight excluding hydrogens is 328 g/mol. The largest absolute Gasteiger partial charge is 0.444 e. The van der Waals surface area contributed by atoms with Gasteiger partial charge in [-0.1, -0.05) is 39.7 Å². The molecule has 148 valence electrons. The molecule has 2 aliphatic rings. The van der Waals surface area contributed by atoms with Crippen LogP contribution in [0.25, 0.3) is 0 Å². The summed E-state index contributed by atoms with van der Waals surface area (Å²) in [5, 5.41) is 0. The molecule has 1 saturated carbocycles. The smallest absolute Gasteiger partial charge is 0.410 e. The maximum Gasteiger partial charge on any atom is 0.410 e. The molecule has 1 saturated heterocycles. The molecule has 0 N–H and O–H groups in total. The summed E-state index contributed by atoms with van der Waals surface area (Å²) in [6, 6.07) is 0. The average Bonchev–Trinajstić information content (AvgIpc) is 2.52. The van der Waals surface area contributed by atoms with Crippen LogP contribution >= 0.6 is 0 Å². The van der Waals surface area contributed by atoms with Crippen molar-refractivity contribution in [2.24, 2.45) is 17.3 Å². The molecule has 5 heteroatoms. The first-order valence-electron chi connectivity index (χ1n) is 9.95. The van der Waals surface area contributed by atoms with Crippen LogP contribution < -0.4 is 0 Å². The standard InChI is InChI=1S/C21H36N2O3/c1-16-8-7-11-21(5,6)17(16)9-10-18(24)22-12-14-23(15-13-22)19(25)26-20(2,3)4/h9-10,16-17H,7-8,11-15H2,1-6H3/t16-,17+/m1/s1. The highest BCUT2D eigenvalue weighted by Gasteiger charge is 2.35. The van der Waals surface area contributed by atoms with Crippen molar-refractivity contribution in [2.75, 3.05) is 26.2 Å². The van der Waals surface area contributed by atoms with E-state index in [0.29, 0.717) is 38.0 Å². The summed E-state index contributed by atoms with van der Waals surface area (Å²) in [5.41, 5.74) is -0.236. The molecule has 0 spiro atoms. The van der Waals surface area contributed by atoms with Crippen LogP contribution in [0.4, 0.5) is 4.79 Å². The number of hydrogen-bond donors (Lipinski definition) is 0. The summed E-state index contributed by atoms with van der Waals surface area (Å²) in [6.45, 7) is 14.7. The summed E-state index contributed by atoms with van der Waals surface area (Å²) < 4.78 is 5.40. The molecule has 0 aromatic rings. The number of carbonyl (C=O) groups excluding carboxylic acids is 2. The molecule has 0 bridgehead atoms. The van der Waals surface area contributed by atoms with Gasteiger partial charge in [-0.05, 0) is 50.5 Å². The van der Waals surface area contributed by atoms with Gasteiger partial charge in [0.25, 0.3) is 0 Å². The molecule has 26 heavy (non-hydrogen) atoms. The monoisotopic (exact) mass is 364 g/mol. The van der Waals surface area contributed by atoms with E-state index in [9.17, 15) is 9.59 Å². The summed E-state index contributed by atoms with van der Waals surface area (Å²) >= 11 is 0. The van der Waals surface area contributed by atoms with Gasteiger partial charge in [0.2, 0.25) is 5.91 Å². The zero-order valence-corrected chi connectivity index (χ0v) is 17.4. The van der Waals surface area contributed by atoms with E-state index in [1.54, 1.807) is 11.0 Å². The zero-order chi connectivity index (χ0) is 19.5. The fourth-order valence-electron chi connectivity index (χ4n) is 4.17. The average molecular weight is 365 g/mol. The van der Waals surface area contributed by atoms with Crippen LogP contribution in [0, 0.1) is 17.3 Å². The summed E-state index contributed by atoms with van der Waals surface area (Å²) in [5.74, 6) is 1.12. The van der Waals surface area contributed by atoms with E-state index in [1.807, 2.05) is 25.7 Å². The van der Waals surface area contributed by atoms with Crippen molar-refractivity contribution in [3.8, 4) is 0 Å². The van der Waals surface area contributed by atoms with Gasteiger partial charge in [-0.15, -0.1) is 0 Å². The third-order valence-corrected chi connectivity index (χ3v) is 5.69. The minimum Gasteiger partial charge on any atom is -0.444 e. The first-order valence-corrected chi connectivity index (χ1v) is 9.95. The van der Waals surface area contributed by atoms with Gasteiger partial charge in [0, 0.05) is 26.2 Å². The van der Waals surface area contributed by atoms with Crippen molar-refractivity contribution in [1.29, 1.82) is 0 Å². The maximum atomic E-state index is 12.6. The van der Waals surface area contributed by atoms with E-state index in [1.165, 1.54) is 19.3 Å². The Bertz CT molecular complexity index is 540. The van der Waals surface area contributed by atoms with E-state index in [4.69, 9.17) is 4.74 Å². The first-order chi connectivity index (χ1) is 12.0. The van der Waals surface area contributed by atoms with Crippen molar-refractivity contribution in [2.45, 2.75) is 66.4 Å². The Morgan fingerprint density at radius 2 is 1.65 bits per heavy atom. The molecule has 1 aliphatic heterocycles. The Morgan fingerprint density at radius 1 is 1.08 bits per heavy atom. The Labute approximate surface area is 158 Å². The Morgan fingerprint density at radius 3 is 2.19 bits per heavy atom. The topological polar surface area (TPSA) is 49.9 Å². The highest BCUT2D eigenvalue weighted by atomic mass is 16.6. The normalized spacial score (nSPS) is 26.8. The molecule has 5 nitrogen and oxygen atoms in total. The van der Waals surface area contributed by atoms with Crippen LogP contribution in [0.3, 0.4) is 0 Å². The summed E-state index contributed by atoms with van der Waals surface area (Å²) in [4.78, 5) is 28.2. The van der Waals surface area contributed by atoms with Crippen LogP contribution in [0.15, 0.2) is 12.2 Å². The Hall–Kier alpha value is -1.52. The Kier molecular flexibility index (Phi) is 6.41. The van der Waals surface area contributed by atoms with Gasteiger partial charge >= 0.3 is 6.09 Å². The summed E-state index contributed by atoms with van der Waals surface area (Å²) in [7, 11) is 0. The van der Waals surface area contributed by atoms with E-state index >= 15 is 0 Å². The van der Waals surface area contributed by atoms with Crippen LogP contribution in [0.2, 0.25) is 0 Å². The van der Waals surface area contributed by atoms with Crippen LogP contribution in [-0.4, -0.2) is 53.6 Å². The lowest BCUT2D eigenvalue weighted by molar-refractivity contribution is -0.127. The minimum absolute atomic E-state index is 0.0578. The lowest BCUT2D eigenvalue weighted by Gasteiger charge is -2.41. The van der Waals surface area contributed by atoms with Gasteiger partial charge < -0.3 is 14.5 Å². The molecule has 1 aliphatic carbocycles. The van der Waals surface area contributed by atoms with Gasteiger partial charge in [-0.25, -0.2) is 4.79 Å². The molecule has 0 aromatic heterocycles. The molecule has 2 fully saturated rings. The molecule has 2 atom stereocenters. The predicted molar refractivity (Wildman–Crippen MR) is 104 cm³/mol. The van der Waals surface area contributed by atoms with Crippen molar-refractivity contribution in [1.82, 2.24) is 9.80 Å². The van der Waals surface area contributed by atoms with Gasteiger partial charge in [0.1, 0.15) is 5.60 Å². The number of nitrogens with zero attached hydrogens (tertiary/aromatic N) is 2. The lowest BCUT2D eigenvalue weighted by Crippen LogP contribution is -2.51. The second kappa shape index (κ2) is 8.01. The highest BCUT2D eigenvalue weighted by Crippen LogP contribution is 2.44. The predicted octanol–water partition coefficient (Wildman–Crippen LogP) is 4.08. The van der Waals surface area contributed by atoms with Crippen molar-refractivity contribution >= 4 is 12.0 Å². The molecular formula is C21H36N2O3. The number of carbonyl (C=O) groups is 2. The molecule has 0 radical (unpaired) electrons. The van der Waals surface area contributed by atoms with Crippen molar-refractivity contribution in [3.63, 3.8) is 0 Å². The van der Waals surface area contributed by atoms with Gasteiger partial charge in [-0.2, -0.15) is 0 Å². The van der Waals surface area contributed by atoms with Gasteiger partial charge in [0.05, 0.1) is 0 Å². The van der Waals surface area contributed by atoms with Gasteiger partial charge in [-0.3, -0.25) is 4.79 Å². The van der Waals surface area contributed by atoms with E-state index in [-0.39, 0.29) is 17.4 Å². The van der Waals surface area contributed by atoms with Gasteiger partial charge in [0.15, 0.2) is 0 Å². The van der Waals surface area contributed by atoms with Crippen LogP contribution in [0.1, 0.15) is 60.8 Å². The van der Waals surface area contributed by atoms with Crippen molar-refractivity contribution < 1.29 is 14.3 Å². The van der Waals surface area contributed by atoms with E-state index in [0.717, 1.165) is 0 Å². The minimum atomic E-state index is -0.490. The molecule has 2 amide bonds.